The molecule has 0 spiro atoms. The Morgan fingerprint density at radius 1 is 0.857 bits per heavy atom. The van der Waals surface area contributed by atoms with E-state index in [1.807, 2.05) is 0 Å². The van der Waals surface area contributed by atoms with Crippen molar-refractivity contribution in [3.63, 3.8) is 0 Å². The van der Waals surface area contributed by atoms with Gasteiger partial charge in [-0.1, -0.05) is 24.3 Å². The van der Waals surface area contributed by atoms with Crippen molar-refractivity contribution in [3.05, 3.63) is 35.4 Å². The summed E-state index contributed by atoms with van der Waals surface area (Å²) in [5, 5.41) is 9.66. The fourth-order valence-corrected chi connectivity index (χ4v) is 2.19. The number of carbonyl (C=O) groups excluding carboxylic acids is 1. The summed E-state index contributed by atoms with van der Waals surface area (Å²) >= 11 is 0. The molecule has 0 amide bonds. The van der Waals surface area contributed by atoms with Crippen molar-refractivity contribution in [3.8, 4) is 0 Å². The van der Waals surface area contributed by atoms with Gasteiger partial charge in [-0.2, -0.15) is 48.3 Å². The number of halogens is 11. The smallest absolute Gasteiger partial charge is 0.388 e. The summed E-state index contributed by atoms with van der Waals surface area (Å²) in [5.74, 6) is -29.3. The Morgan fingerprint density at radius 2 is 1.32 bits per heavy atom. The second kappa shape index (κ2) is 7.16. The third-order valence-electron chi connectivity index (χ3n) is 3.75. The molecule has 0 aromatic heterocycles. The molecular weight excluding hydrogens is 421 g/mol. The predicted octanol–water partition coefficient (Wildman–Crippen LogP) is 5.42. The first-order valence-corrected chi connectivity index (χ1v) is 7.17. The van der Waals surface area contributed by atoms with Gasteiger partial charge in [0.2, 0.25) is 0 Å². The topological polar surface area (TPSA) is 37.3 Å². The molecule has 1 aromatic rings. The van der Waals surface area contributed by atoms with Crippen molar-refractivity contribution >= 4 is 5.78 Å². The summed E-state index contributed by atoms with van der Waals surface area (Å²) in [7, 11) is 0. The standard InChI is InChI=1S/C15H11F11O2/c1-7(27)8-4-2-3-5-9(8)10(28)6-11(16,17)12(18,19)13(20,21)14(22,23)15(24,25)26/h2-5,10,28H,6H2,1H3. The molecule has 0 aliphatic carbocycles. The SMILES string of the molecule is CC(=O)c1ccccc1C(O)CC(F)(F)C(F)(F)C(F)(F)C(F)(F)C(F)(F)F. The van der Waals surface area contributed by atoms with Crippen LogP contribution in [0.2, 0.25) is 0 Å². The molecule has 0 fully saturated rings. The molecule has 1 N–H and O–H groups in total. The Labute approximate surface area is 149 Å². The minimum atomic E-state index is -7.54. The van der Waals surface area contributed by atoms with Gasteiger partial charge < -0.3 is 5.11 Å². The lowest BCUT2D eigenvalue weighted by Crippen LogP contribution is -2.66. The summed E-state index contributed by atoms with van der Waals surface area (Å²) < 4.78 is 142. The summed E-state index contributed by atoms with van der Waals surface area (Å²) in [6.45, 7) is 0.885. The maximum atomic E-state index is 13.7. The Hall–Kier alpha value is -1.92. The fourth-order valence-electron chi connectivity index (χ4n) is 2.19. The van der Waals surface area contributed by atoms with Gasteiger partial charge in [0.1, 0.15) is 0 Å². The van der Waals surface area contributed by atoms with Crippen molar-refractivity contribution in [2.24, 2.45) is 0 Å². The van der Waals surface area contributed by atoms with Crippen molar-refractivity contribution in [2.75, 3.05) is 0 Å². The number of ketones is 1. The normalized spacial score (nSPS) is 15.5. The van der Waals surface area contributed by atoms with E-state index in [1.54, 1.807) is 0 Å². The lowest BCUT2D eigenvalue weighted by molar-refractivity contribution is -0.423. The molecule has 1 atom stereocenters. The van der Waals surface area contributed by atoms with E-state index < -0.39 is 59.3 Å². The number of alkyl halides is 11. The first kappa shape index (κ1) is 24.1. The molecule has 0 aliphatic rings. The van der Waals surface area contributed by atoms with Gasteiger partial charge in [0.15, 0.2) is 5.78 Å². The Kier molecular flexibility index (Phi) is 6.16. The molecule has 13 heteroatoms. The number of hydrogen-bond donors (Lipinski definition) is 1. The number of aliphatic hydroxyl groups is 1. The van der Waals surface area contributed by atoms with Gasteiger partial charge in [-0.25, -0.2) is 0 Å². The van der Waals surface area contributed by atoms with Crippen LogP contribution in [-0.4, -0.2) is 40.8 Å². The van der Waals surface area contributed by atoms with Crippen LogP contribution in [-0.2, 0) is 0 Å². The highest BCUT2D eigenvalue weighted by molar-refractivity contribution is 5.95. The molecule has 0 saturated heterocycles. The van der Waals surface area contributed by atoms with Crippen LogP contribution in [0.25, 0.3) is 0 Å². The van der Waals surface area contributed by atoms with Crippen LogP contribution in [0.15, 0.2) is 24.3 Å². The van der Waals surface area contributed by atoms with E-state index in [4.69, 9.17) is 0 Å². The number of carbonyl (C=O) groups is 1. The van der Waals surface area contributed by atoms with Crippen molar-refractivity contribution in [1.29, 1.82) is 0 Å². The maximum absolute atomic E-state index is 13.7. The van der Waals surface area contributed by atoms with E-state index in [0.717, 1.165) is 25.1 Å². The molecule has 0 bridgehead atoms. The van der Waals surface area contributed by atoms with Crippen molar-refractivity contribution in [2.45, 2.75) is 49.3 Å². The zero-order valence-electron chi connectivity index (χ0n) is 13.6. The van der Waals surface area contributed by atoms with Crippen molar-refractivity contribution < 1.29 is 58.2 Å². The van der Waals surface area contributed by atoms with Gasteiger partial charge in [-0.05, 0) is 12.5 Å². The van der Waals surface area contributed by atoms with Crippen LogP contribution in [0.5, 0.6) is 0 Å². The number of benzene rings is 1. The van der Waals surface area contributed by atoms with Gasteiger partial charge in [0, 0.05) is 12.0 Å². The first-order chi connectivity index (χ1) is 12.3. The minimum Gasteiger partial charge on any atom is -0.388 e. The average Bonchev–Trinajstić information content (AvgIpc) is 2.52. The molecular formula is C15H11F11O2. The van der Waals surface area contributed by atoms with E-state index >= 15 is 0 Å². The zero-order chi connectivity index (χ0) is 22.3. The molecule has 28 heavy (non-hydrogen) atoms. The van der Waals surface area contributed by atoms with E-state index in [2.05, 4.69) is 0 Å². The second-order valence-electron chi connectivity index (χ2n) is 5.79. The van der Waals surface area contributed by atoms with Crippen LogP contribution < -0.4 is 0 Å². The first-order valence-electron chi connectivity index (χ1n) is 7.17. The van der Waals surface area contributed by atoms with E-state index in [9.17, 15) is 58.2 Å². The third-order valence-corrected chi connectivity index (χ3v) is 3.75. The summed E-state index contributed by atoms with van der Waals surface area (Å²) in [4.78, 5) is 11.3. The van der Waals surface area contributed by atoms with Gasteiger partial charge in [0.25, 0.3) is 0 Å². The quantitative estimate of drug-likeness (QED) is 0.462. The van der Waals surface area contributed by atoms with Crippen LogP contribution in [0.3, 0.4) is 0 Å². The fraction of sp³-hybridized carbons (Fsp3) is 0.533. The number of rotatable bonds is 7. The number of Topliss-reactive ketones (excluding diaryl/α,β-unsaturated/α-hetero) is 1. The summed E-state index contributed by atoms with van der Waals surface area (Å²) in [6, 6.07) is 3.98. The monoisotopic (exact) mass is 432 g/mol. The lowest BCUT2D eigenvalue weighted by atomic mass is 9.90. The second-order valence-corrected chi connectivity index (χ2v) is 5.79. The molecule has 0 saturated carbocycles. The molecule has 0 aliphatic heterocycles. The lowest BCUT2D eigenvalue weighted by Gasteiger charge is -2.37. The number of hydrogen-bond acceptors (Lipinski definition) is 2. The minimum absolute atomic E-state index is 0.471. The van der Waals surface area contributed by atoms with Gasteiger partial charge in [-0.3, -0.25) is 4.79 Å². The summed E-state index contributed by atoms with van der Waals surface area (Å²) in [5.41, 5.74) is -1.20. The van der Waals surface area contributed by atoms with Crippen LogP contribution in [0, 0.1) is 0 Å². The highest BCUT2D eigenvalue weighted by Crippen LogP contribution is 2.58. The highest BCUT2D eigenvalue weighted by atomic mass is 19.4. The maximum Gasteiger partial charge on any atom is 0.460 e. The van der Waals surface area contributed by atoms with Crippen molar-refractivity contribution in [1.82, 2.24) is 0 Å². The molecule has 160 valence electrons. The molecule has 1 unspecified atom stereocenters. The highest BCUT2D eigenvalue weighted by Gasteiger charge is 2.87. The Balaban J connectivity index is 3.33. The van der Waals surface area contributed by atoms with E-state index in [1.165, 1.54) is 6.07 Å². The summed E-state index contributed by atoms with van der Waals surface area (Å²) in [6.07, 6.45) is -12.7. The predicted molar refractivity (Wildman–Crippen MR) is 71.9 cm³/mol. The van der Waals surface area contributed by atoms with Gasteiger partial charge >= 0.3 is 29.9 Å². The van der Waals surface area contributed by atoms with Crippen LogP contribution >= 0.6 is 0 Å². The van der Waals surface area contributed by atoms with Gasteiger partial charge in [-0.15, -0.1) is 0 Å². The van der Waals surface area contributed by atoms with Gasteiger partial charge in [0.05, 0.1) is 6.10 Å². The number of aliphatic hydroxyl groups excluding tert-OH is 1. The van der Waals surface area contributed by atoms with E-state index in [-0.39, 0.29) is 0 Å². The molecule has 0 heterocycles. The largest absolute Gasteiger partial charge is 0.460 e. The molecule has 0 radical (unpaired) electrons. The Bertz CT molecular complexity index is 725. The Morgan fingerprint density at radius 3 is 1.75 bits per heavy atom. The van der Waals surface area contributed by atoms with Crippen LogP contribution in [0.1, 0.15) is 35.4 Å². The molecule has 1 aromatic carbocycles. The molecule has 1 rings (SSSR count). The molecule has 2 nitrogen and oxygen atoms in total. The average molecular weight is 432 g/mol. The zero-order valence-corrected chi connectivity index (χ0v) is 13.6. The van der Waals surface area contributed by atoms with E-state index in [0.29, 0.717) is 0 Å². The third kappa shape index (κ3) is 3.80. The van der Waals surface area contributed by atoms with Crippen LogP contribution in [0.4, 0.5) is 48.3 Å².